The van der Waals surface area contributed by atoms with Gasteiger partial charge in [-0.15, -0.1) is 0 Å². The van der Waals surface area contributed by atoms with Crippen LogP contribution in [0.5, 0.6) is 0 Å². The van der Waals surface area contributed by atoms with Crippen LogP contribution in [0, 0.1) is 5.92 Å². The highest BCUT2D eigenvalue weighted by molar-refractivity contribution is 5.78. The maximum atomic E-state index is 4.58. The molecule has 4 nitrogen and oxygen atoms in total. The lowest BCUT2D eigenvalue weighted by molar-refractivity contribution is 0.553. The monoisotopic (exact) mass is 258 g/mol. The van der Waals surface area contributed by atoms with Gasteiger partial charge in [0.2, 0.25) is 5.95 Å². The molecule has 4 heteroatoms. The number of benzene rings is 1. The Labute approximate surface area is 114 Å². The molecule has 0 saturated carbocycles. The molecule has 1 heterocycles. The van der Waals surface area contributed by atoms with Crippen molar-refractivity contribution in [2.75, 3.05) is 31.6 Å². The molecule has 0 aliphatic carbocycles. The standard InChI is InChI=1S/C15H22N4/c1-12(2)10-16-8-9-19(3)15-17-11-13-6-4-5-7-14(13)18-15/h4-7,11-12,16H,8-10H2,1-3H3. The number of fused-ring (bicyclic) bond motifs is 1. The van der Waals surface area contributed by atoms with Gasteiger partial charge >= 0.3 is 0 Å². The van der Waals surface area contributed by atoms with Crippen LogP contribution in [-0.4, -0.2) is 36.6 Å². The summed E-state index contributed by atoms with van der Waals surface area (Å²) in [5.74, 6) is 1.47. The van der Waals surface area contributed by atoms with Crippen molar-refractivity contribution < 1.29 is 0 Å². The average molecular weight is 258 g/mol. The van der Waals surface area contributed by atoms with Gasteiger partial charge in [0.25, 0.3) is 0 Å². The topological polar surface area (TPSA) is 41.0 Å². The van der Waals surface area contributed by atoms with E-state index >= 15 is 0 Å². The lowest BCUT2D eigenvalue weighted by atomic mass is 10.2. The first-order valence-corrected chi connectivity index (χ1v) is 6.80. The third-order valence-corrected chi connectivity index (χ3v) is 2.99. The minimum Gasteiger partial charge on any atom is -0.343 e. The molecule has 2 aromatic rings. The normalized spacial score (nSPS) is 11.2. The van der Waals surface area contributed by atoms with Crippen molar-refractivity contribution >= 4 is 16.9 Å². The molecule has 0 fully saturated rings. The Hall–Kier alpha value is -1.68. The molecule has 0 unspecified atom stereocenters. The van der Waals surface area contributed by atoms with Crippen molar-refractivity contribution in [2.24, 2.45) is 5.92 Å². The van der Waals surface area contributed by atoms with Gasteiger partial charge in [0.1, 0.15) is 0 Å². The highest BCUT2D eigenvalue weighted by atomic mass is 15.2. The van der Waals surface area contributed by atoms with E-state index in [1.165, 1.54) is 0 Å². The third kappa shape index (κ3) is 3.89. The fraction of sp³-hybridized carbons (Fsp3) is 0.467. The summed E-state index contributed by atoms with van der Waals surface area (Å²) < 4.78 is 0. The Morgan fingerprint density at radius 2 is 2.05 bits per heavy atom. The van der Waals surface area contributed by atoms with Gasteiger partial charge in [0, 0.05) is 31.7 Å². The molecular formula is C15H22N4. The van der Waals surface area contributed by atoms with Crippen LogP contribution in [0.1, 0.15) is 13.8 Å². The molecule has 0 aliphatic rings. The first kappa shape index (κ1) is 13.7. The van der Waals surface area contributed by atoms with Gasteiger partial charge in [-0.25, -0.2) is 9.97 Å². The predicted octanol–water partition coefficient (Wildman–Crippen LogP) is 2.31. The van der Waals surface area contributed by atoms with Crippen molar-refractivity contribution in [3.8, 4) is 0 Å². The molecule has 0 radical (unpaired) electrons. The SMILES string of the molecule is CC(C)CNCCN(C)c1ncc2ccccc2n1. The number of nitrogens with zero attached hydrogens (tertiary/aromatic N) is 3. The molecule has 19 heavy (non-hydrogen) atoms. The van der Waals surface area contributed by atoms with Gasteiger partial charge < -0.3 is 10.2 Å². The summed E-state index contributed by atoms with van der Waals surface area (Å²) in [5, 5.41) is 4.51. The molecule has 1 aromatic carbocycles. The predicted molar refractivity (Wildman–Crippen MR) is 80.5 cm³/mol. The molecule has 0 bridgehead atoms. The van der Waals surface area contributed by atoms with Crippen molar-refractivity contribution in [2.45, 2.75) is 13.8 Å². The summed E-state index contributed by atoms with van der Waals surface area (Å²) in [5.41, 5.74) is 0.995. The Morgan fingerprint density at radius 1 is 1.26 bits per heavy atom. The van der Waals surface area contributed by atoms with E-state index in [1.54, 1.807) is 0 Å². The molecule has 0 spiro atoms. The highest BCUT2D eigenvalue weighted by Gasteiger charge is 2.05. The maximum Gasteiger partial charge on any atom is 0.225 e. The zero-order valence-electron chi connectivity index (χ0n) is 11.9. The summed E-state index contributed by atoms with van der Waals surface area (Å²) in [4.78, 5) is 11.1. The zero-order valence-corrected chi connectivity index (χ0v) is 11.9. The van der Waals surface area contributed by atoms with E-state index in [2.05, 4.69) is 34.0 Å². The number of likely N-dealkylation sites (N-methyl/N-ethyl adjacent to an activating group) is 1. The lowest BCUT2D eigenvalue weighted by Crippen LogP contribution is -2.31. The minimum atomic E-state index is 0.683. The molecule has 0 saturated heterocycles. The van der Waals surface area contributed by atoms with Crippen LogP contribution < -0.4 is 10.2 Å². The minimum absolute atomic E-state index is 0.683. The van der Waals surface area contributed by atoms with Crippen LogP contribution in [0.25, 0.3) is 10.9 Å². The van der Waals surface area contributed by atoms with Crippen molar-refractivity contribution in [3.63, 3.8) is 0 Å². The lowest BCUT2D eigenvalue weighted by Gasteiger charge is -2.18. The van der Waals surface area contributed by atoms with Crippen molar-refractivity contribution in [1.29, 1.82) is 0 Å². The number of hydrogen-bond donors (Lipinski definition) is 1. The van der Waals surface area contributed by atoms with E-state index in [-0.39, 0.29) is 0 Å². The molecule has 0 amide bonds. The number of hydrogen-bond acceptors (Lipinski definition) is 4. The summed E-state index contributed by atoms with van der Waals surface area (Å²) in [7, 11) is 2.03. The Morgan fingerprint density at radius 3 is 2.84 bits per heavy atom. The Balaban J connectivity index is 1.95. The number of rotatable bonds is 6. The second kappa shape index (κ2) is 6.48. The maximum absolute atomic E-state index is 4.58. The molecule has 102 valence electrons. The molecule has 0 atom stereocenters. The highest BCUT2D eigenvalue weighted by Crippen LogP contribution is 2.13. The van der Waals surface area contributed by atoms with Gasteiger partial charge in [0.05, 0.1) is 5.52 Å². The van der Waals surface area contributed by atoms with Crippen LogP contribution in [0.2, 0.25) is 0 Å². The van der Waals surface area contributed by atoms with Gasteiger partial charge in [-0.2, -0.15) is 0 Å². The van der Waals surface area contributed by atoms with E-state index in [4.69, 9.17) is 0 Å². The van der Waals surface area contributed by atoms with E-state index in [1.807, 2.05) is 37.5 Å². The quantitative estimate of drug-likeness (QED) is 0.807. The van der Waals surface area contributed by atoms with Gasteiger partial charge in [-0.3, -0.25) is 0 Å². The Kier molecular flexibility index (Phi) is 4.68. The third-order valence-electron chi connectivity index (χ3n) is 2.99. The zero-order chi connectivity index (χ0) is 13.7. The van der Waals surface area contributed by atoms with Gasteiger partial charge in [0.15, 0.2) is 0 Å². The van der Waals surface area contributed by atoms with Crippen molar-refractivity contribution in [1.82, 2.24) is 15.3 Å². The number of aromatic nitrogens is 2. The summed E-state index contributed by atoms with van der Waals surface area (Å²) >= 11 is 0. The molecule has 1 aromatic heterocycles. The smallest absolute Gasteiger partial charge is 0.225 e. The molecular weight excluding hydrogens is 236 g/mol. The molecule has 2 rings (SSSR count). The van der Waals surface area contributed by atoms with Crippen LogP contribution >= 0.6 is 0 Å². The van der Waals surface area contributed by atoms with Crippen LogP contribution in [-0.2, 0) is 0 Å². The summed E-state index contributed by atoms with van der Waals surface area (Å²) in [6.45, 7) is 7.33. The second-order valence-electron chi connectivity index (χ2n) is 5.25. The first-order chi connectivity index (χ1) is 9.16. The van der Waals surface area contributed by atoms with Gasteiger partial charge in [-0.1, -0.05) is 32.0 Å². The van der Waals surface area contributed by atoms with Gasteiger partial charge in [-0.05, 0) is 18.5 Å². The first-order valence-electron chi connectivity index (χ1n) is 6.80. The number of para-hydroxylation sites is 1. The summed E-state index contributed by atoms with van der Waals surface area (Å²) in [6, 6.07) is 8.06. The van der Waals surface area contributed by atoms with E-state index in [9.17, 15) is 0 Å². The fourth-order valence-corrected chi connectivity index (χ4v) is 1.88. The van der Waals surface area contributed by atoms with E-state index in [0.29, 0.717) is 5.92 Å². The van der Waals surface area contributed by atoms with E-state index < -0.39 is 0 Å². The molecule has 1 N–H and O–H groups in total. The van der Waals surface area contributed by atoms with Crippen molar-refractivity contribution in [3.05, 3.63) is 30.5 Å². The van der Waals surface area contributed by atoms with Crippen LogP contribution in [0.4, 0.5) is 5.95 Å². The number of nitrogens with one attached hydrogen (secondary N) is 1. The summed E-state index contributed by atoms with van der Waals surface area (Å²) in [6.07, 6.45) is 1.88. The largest absolute Gasteiger partial charge is 0.343 e. The number of anilines is 1. The van der Waals surface area contributed by atoms with Crippen LogP contribution in [0.3, 0.4) is 0 Å². The average Bonchev–Trinajstić information content (AvgIpc) is 2.42. The van der Waals surface area contributed by atoms with Crippen LogP contribution in [0.15, 0.2) is 30.5 Å². The molecule has 0 aliphatic heterocycles. The Bertz CT molecular complexity index is 524. The second-order valence-corrected chi connectivity index (χ2v) is 5.25. The fourth-order valence-electron chi connectivity index (χ4n) is 1.88. The van der Waals surface area contributed by atoms with E-state index in [0.717, 1.165) is 36.5 Å².